The maximum absolute atomic E-state index is 5.92. The number of hydrogen-bond acceptors (Lipinski definition) is 4. The van der Waals surface area contributed by atoms with Gasteiger partial charge in [-0.15, -0.1) is 5.10 Å². The van der Waals surface area contributed by atoms with E-state index in [0.717, 1.165) is 42.0 Å². The second-order valence-electron chi connectivity index (χ2n) is 5.94. The molecule has 0 amide bonds. The van der Waals surface area contributed by atoms with E-state index >= 15 is 0 Å². The van der Waals surface area contributed by atoms with Gasteiger partial charge in [0.25, 0.3) is 0 Å². The Bertz CT molecular complexity index is 509. The molecule has 4 nitrogen and oxygen atoms in total. The number of nitrogens with one attached hydrogen (secondary N) is 1. The molecule has 1 aliphatic rings. The third kappa shape index (κ3) is 2.92. The number of thiocarbonyl (C=S) groups is 1. The predicted octanol–water partition coefficient (Wildman–Crippen LogP) is 2.84. The topological polar surface area (TPSA) is 63.8 Å². The second kappa shape index (κ2) is 6.04. The number of rotatable bonds is 6. The van der Waals surface area contributed by atoms with Crippen LogP contribution in [0.15, 0.2) is 0 Å². The number of hydrogen-bond donors (Lipinski definition) is 2. The first-order valence-corrected chi connectivity index (χ1v) is 7.83. The highest BCUT2D eigenvalue weighted by atomic mass is 32.1. The van der Waals surface area contributed by atoms with Crippen molar-refractivity contribution in [3.05, 3.63) is 16.8 Å². The second-order valence-corrected chi connectivity index (χ2v) is 6.38. The van der Waals surface area contributed by atoms with Crippen molar-refractivity contribution in [3.63, 3.8) is 0 Å². The molecular formula is C15H24N4S. The molecule has 1 saturated carbocycles. The molecule has 0 atom stereocenters. The summed E-state index contributed by atoms with van der Waals surface area (Å²) in [5.41, 5.74) is 9.32. The molecule has 1 aromatic heterocycles. The molecule has 0 radical (unpaired) electrons. The van der Waals surface area contributed by atoms with E-state index in [-0.39, 0.29) is 0 Å². The van der Waals surface area contributed by atoms with Crippen LogP contribution >= 0.6 is 12.2 Å². The summed E-state index contributed by atoms with van der Waals surface area (Å²) in [6.45, 7) is 7.40. The van der Waals surface area contributed by atoms with E-state index in [4.69, 9.17) is 18.0 Å². The largest absolute Gasteiger partial charge is 0.389 e. The van der Waals surface area contributed by atoms with E-state index in [9.17, 15) is 0 Å². The molecule has 1 heterocycles. The Hall–Kier alpha value is -1.23. The summed E-state index contributed by atoms with van der Waals surface area (Å²) in [5.74, 6) is 0.750. The van der Waals surface area contributed by atoms with Gasteiger partial charge in [0.15, 0.2) is 5.82 Å². The monoisotopic (exact) mass is 292 g/mol. The Morgan fingerprint density at radius 1 is 1.30 bits per heavy atom. The predicted molar refractivity (Wildman–Crippen MR) is 87.1 cm³/mol. The van der Waals surface area contributed by atoms with Crippen LogP contribution < -0.4 is 11.1 Å². The average molecular weight is 292 g/mol. The van der Waals surface area contributed by atoms with E-state index < -0.39 is 0 Å². The van der Waals surface area contributed by atoms with E-state index in [1.54, 1.807) is 0 Å². The molecule has 3 N–H and O–H groups in total. The van der Waals surface area contributed by atoms with Gasteiger partial charge >= 0.3 is 0 Å². The molecule has 0 aliphatic heterocycles. The van der Waals surface area contributed by atoms with Gasteiger partial charge in [-0.25, -0.2) is 0 Å². The molecule has 1 aliphatic carbocycles. The Kier molecular flexibility index (Phi) is 4.58. The fraction of sp³-hybridized carbons (Fsp3) is 0.667. The summed E-state index contributed by atoms with van der Waals surface area (Å²) in [5, 5.41) is 12.1. The normalized spacial score (nSPS) is 16.6. The third-order valence-electron chi connectivity index (χ3n) is 4.34. The highest BCUT2D eigenvalue weighted by molar-refractivity contribution is 7.80. The van der Waals surface area contributed by atoms with Crippen molar-refractivity contribution >= 4 is 23.0 Å². The average Bonchev–Trinajstić information content (AvgIpc) is 2.41. The maximum atomic E-state index is 5.92. The van der Waals surface area contributed by atoms with E-state index in [1.807, 2.05) is 0 Å². The molecule has 2 rings (SSSR count). The summed E-state index contributed by atoms with van der Waals surface area (Å²) in [7, 11) is 0. The zero-order valence-electron chi connectivity index (χ0n) is 12.6. The molecule has 1 aromatic rings. The molecule has 20 heavy (non-hydrogen) atoms. The van der Waals surface area contributed by atoms with Gasteiger partial charge < -0.3 is 11.1 Å². The van der Waals surface area contributed by atoms with Crippen LogP contribution in [0, 0.1) is 5.41 Å². The van der Waals surface area contributed by atoms with Crippen molar-refractivity contribution < 1.29 is 0 Å². The summed E-state index contributed by atoms with van der Waals surface area (Å²) in [6.07, 6.45) is 5.58. The first kappa shape index (κ1) is 15.2. The lowest BCUT2D eigenvalue weighted by Crippen LogP contribution is -2.34. The molecule has 110 valence electrons. The molecule has 0 unspecified atom stereocenters. The lowest BCUT2D eigenvalue weighted by molar-refractivity contribution is 0.179. The minimum Gasteiger partial charge on any atom is -0.389 e. The van der Waals surface area contributed by atoms with Crippen LogP contribution in [-0.2, 0) is 12.8 Å². The minimum atomic E-state index is 0.380. The lowest BCUT2D eigenvalue weighted by atomic mass is 9.70. The van der Waals surface area contributed by atoms with Crippen molar-refractivity contribution in [1.82, 2.24) is 10.2 Å². The Labute approximate surface area is 126 Å². The van der Waals surface area contributed by atoms with Crippen molar-refractivity contribution in [1.29, 1.82) is 0 Å². The fourth-order valence-electron chi connectivity index (χ4n) is 2.82. The number of anilines is 1. The highest BCUT2D eigenvalue weighted by Gasteiger charge is 2.32. The molecule has 0 bridgehead atoms. The molecular weight excluding hydrogens is 268 g/mol. The van der Waals surface area contributed by atoms with Crippen LogP contribution in [0.3, 0.4) is 0 Å². The Balaban J connectivity index is 2.29. The van der Waals surface area contributed by atoms with E-state index in [0.29, 0.717) is 10.4 Å². The summed E-state index contributed by atoms with van der Waals surface area (Å²) in [6, 6.07) is 0. The lowest BCUT2D eigenvalue weighted by Gasteiger charge is -2.38. The molecule has 0 aromatic carbocycles. The number of aromatic nitrogens is 2. The standard InChI is InChI=1S/C15H24N4S/c1-4-10-11(5-2)18-19-14(12(10)13(16)20)17-9-15(3)7-6-8-15/h4-9H2,1-3H3,(H2,16,20)(H,17,19). The highest BCUT2D eigenvalue weighted by Crippen LogP contribution is 2.40. The summed E-state index contributed by atoms with van der Waals surface area (Å²) >= 11 is 5.23. The van der Waals surface area contributed by atoms with Crippen molar-refractivity contribution in [2.75, 3.05) is 11.9 Å². The van der Waals surface area contributed by atoms with Crippen LogP contribution in [-0.4, -0.2) is 21.7 Å². The number of nitrogens with zero attached hydrogens (tertiary/aromatic N) is 2. The van der Waals surface area contributed by atoms with Crippen molar-refractivity contribution in [3.8, 4) is 0 Å². The molecule has 0 saturated heterocycles. The van der Waals surface area contributed by atoms with Crippen LogP contribution in [0.5, 0.6) is 0 Å². The van der Waals surface area contributed by atoms with Crippen LogP contribution in [0.25, 0.3) is 0 Å². The summed E-state index contributed by atoms with van der Waals surface area (Å²) in [4.78, 5) is 0.410. The summed E-state index contributed by atoms with van der Waals surface area (Å²) < 4.78 is 0. The smallest absolute Gasteiger partial charge is 0.159 e. The Morgan fingerprint density at radius 2 is 2.00 bits per heavy atom. The number of aryl methyl sites for hydroxylation is 1. The van der Waals surface area contributed by atoms with Gasteiger partial charge in [0.1, 0.15) is 4.99 Å². The maximum Gasteiger partial charge on any atom is 0.159 e. The molecule has 5 heteroatoms. The van der Waals surface area contributed by atoms with Gasteiger partial charge in [-0.3, -0.25) is 0 Å². The molecule has 1 fully saturated rings. The van der Waals surface area contributed by atoms with E-state index in [2.05, 4.69) is 36.3 Å². The van der Waals surface area contributed by atoms with Gasteiger partial charge in [-0.1, -0.05) is 39.4 Å². The van der Waals surface area contributed by atoms with Gasteiger partial charge in [0.05, 0.1) is 11.3 Å². The van der Waals surface area contributed by atoms with Crippen LogP contribution in [0.4, 0.5) is 5.82 Å². The fourth-order valence-corrected chi connectivity index (χ4v) is 3.04. The SMILES string of the molecule is CCc1nnc(NCC2(C)CCC2)c(C(N)=S)c1CC. The van der Waals surface area contributed by atoms with Crippen molar-refractivity contribution in [2.45, 2.75) is 52.9 Å². The Morgan fingerprint density at radius 3 is 2.45 bits per heavy atom. The van der Waals surface area contributed by atoms with E-state index in [1.165, 1.54) is 19.3 Å². The van der Waals surface area contributed by atoms with Gasteiger partial charge in [0, 0.05) is 6.54 Å². The van der Waals surface area contributed by atoms with Gasteiger partial charge in [-0.05, 0) is 36.7 Å². The van der Waals surface area contributed by atoms with Gasteiger partial charge in [0.2, 0.25) is 0 Å². The zero-order valence-corrected chi connectivity index (χ0v) is 13.4. The molecule has 0 spiro atoms. The quantitative estimate of drug-likeness (QED) is 0.789. The van der Waals surface area contributed by atoms with Gasteiger partial charge in [-0.2, -0.15) is 5.10 Å². The third-order valence-corrected chi connectivity index (χ3v) is 4.54. The van der Waals surface area contributed by atoms with Crippen LogP contribution in [0.2, 0.25) is 0 Å². The minimum absolute atomic E-state index is 0.380. The first-order valence-electron chi connectivity index (χ1n) is 7.43. The zero-order chi connectivity index (χ0) is 14.8. The van der Waals surface area contributed by atoms with Crippen LogP contribution in [0.1, 0.15) is 56.9 Å². The van der Waals surface area contributed by atoms with Crippen molar-refractivity contribution in [2.24, 2.45) is 11.1 Å². The number of nitrogens with two attached hydrogens (primary N) is 1. The first-order chi connectivity index (χ1) is 9.50.